The maximum absolute atomic E-state index is 3.52. The number of hydrogen-bond donors (Lipinski definition) is 1. The van der Waals surface area contributed by atoms with Crippen LogP contribution in [0, 0.1) is 0 Å². The van der Waals surface area contributed by atoms with Crippen LogP contribution in [0.5, 0.6) is 0 Å². The standard InChI is InChI=1S/C15H20N2S/c1-12(15-5-4-10-18-15)16-14-8-6-13(7-9-14)11-17(2)3/h4-10,12,16H,11H2,1-3H3. The highest BCUT2D eigenvalue weighted by molar-refractivity contribution is 7.10. The molecule has 1 unspecified atom stereocenters. The molecule has 1 N–H and O–H groups in total. The van der Waals surface area contributed by atoms with E-state index in [4.69, 9.17) is 0 Å². The van der Waals surface area contributed by atoms with Gasteiger partial charge in [0, 0.05) is 17.1 Å². The maximum Gasteiger partial charge on any atom is 0.0578 e. The zero-order valence-electron chi connectivity index (χ0n) is 11.2. The van der Waals surface area contributed by atoms with E-state index in [9.17, 15) is 0 Å². The van der Waals surface area contributed by atoms with Gasteiger partial charge in [0.1, 0.15) is 0 Å². The lowest BCUT2D eigenvalue weighted by atomic mass is 10.2. The minimum atomic E-state index is 0.365. The van der Waals surface area contributed by atoms with E-state index in [2.05, 4.69) is 73.0 Å². The van der Waals surface area contributed by atoms with Crippen LogP contribution in [0.3, 0.4) is 0 Å². The minimum absolute atomic E-state index is 0.365. The molecule has 0 bridgehead atoms. The highest BCUT2D eigenvalue weighted by Crippen LogP contribution is 2.23. The molecule has 0 aliphatic heterocycles. The van der Waals surface area contributed by atoms with E-state index in [0.29, 0.717) is 6.04 Å². The highest BCUT2D eigenvalue weighted by atomic mass is 32.1. The van der Waals surface area contributed by atoms with Crippen molar-refractivity contribution in [3.05, 3.63) is 52.2 Å². The number of benzene rings is 1. The van der Waals surface area contributed by atoms with Crippen molar-refractivity contribution < 1.29 is 0 Å². The normalized spacial score (nSPS) is 12.7. The molecule has 1 atom stereocenters. The van der Waals surface area contributed by atoms with Crippen molar-refractivity contribution in [2.45, 2.75) is 19.5 Å². The van der Waals surface area contributed by atoms with Crippen molar-refractivity contribution in [2.75, 3.05) is 19.4 Å². The molecule has 0 saturated carbocycles. The zero-order valence-corrected chi connectivity index (χ0v) is 12.0. The Morgan fingerprint density at radius 1 is 1.17 bits per heavy atom. The van der Waals surface area contributed by atoms with Gasteiger partial charge in [-0.2, -0.15) is 0 Å². The van der Waals surface area contributed by atoms with E-state index in [1.54, 1.807) is 11.3 Å². The van der Waals surface area contributed by atoms with Crippen LogP contribution in [0.25, 0.3) is 0 Å². The first-order valence-corrected chi connectivity index (χ1v) is 7.07. The van der Waals surface area contributed by atoms with Gasteiger partial charge in [-0.3, -0.25) is 0 Å². The van der Waals surface area contributed by atoms with E-state index in [1.165, 1.54) is 16.1 Å². The first-order valence-electron chi connectivity index (χ1n) is 6.19. The Kier molecular flexibility index (Phi) is 4.39. The van der Waals surface area contributed by atoms with Crippen molar-refractivity contribution in [1.82, 2.24) is 4.90 Å². The van der Waals surface area contributed by atoms with E-state index >= 15 is 0 Å². The van der Waals surface area contributed by atoms with E-state index in [-0.39, 0.29) is 0 Å². The third-order valence-electron chi connectivity index (χ3n) is 2.81. The zero-order chi connectivity index (χ0) is 13.0. The summed E-state index contributed by atoms with van der Waals surface area (Å²) >= 11 is 1.79. The summed E-state index contributed by atoms with van der Waals surface area (Å²) in [5.74, 6) is 0. The molecule has 1 heterocycles. The van der Waals surface area contributed by atoms with Crippen molar-refractivity contribution in [2.24, 2.45) is 0 Å². The van der Waals surface area contributed by atoms with Gasteiger partial charge in [-0.15, -0.1) is 11.3 Å². The second-order valence-electron chi connectivity index (χ2n) is 4.82. The molecule has 2 aromatic rings. The van der Waals surface area contributed by atoms with Gasteiger partial charge in [-0.05, 0) is 50.2 Å². The van der Waals surface area contributed by atoms with Crippen LogP contribution >= 0.6 is 11.3 Å². The molecular formula is C15H20N2S. The summed E-state index contributed by atoms with van der Waals surface area (Å²) in [7, 11) is 4.18. The Morgan fingerprint density at radius 3 is 2.44 bits per heavy atom. The van der Waals surface area contributed by atoms with E-state index in [1.807, 2.05) is 0 Å². The summed E-state index contributed by atoms with van der Waals surface area (Å²) in [5.41, 5.74) is 2.52. The largest absolute Gasteiger partial charge is 0.378 e. The average molecular weight is 260 g/mol. The van der Waals surface area contributed by atoms with Crippen LogP contribution < -0.4 is 5.32 Å². The molecule has 2 rings (SSSR count). The molecule has 18 heavy (non-hydrogen) atoms. The smallest absolute Gasteiger partial charge is 0.0578 e. The fraction of sp³-hybridized carbons (Fsp3) is 0.333. The Labute approximate surface area is 113 Å². The first kappa shape index (κ1) is 13.1. The van der Waals surface area contributed by atoms with E-state index in [0.717, 1.165) is 6.54 Å². The van der Waals surface area contributed by atoms with Crippen molar-refractivity contribution in [3.63, 3.8) is 0 Å². The molecule has 0 spiro atoms. The lowest BCUT2D eigenvalue weighted by Gasteiger charge is -2.15. The van der Waals surface area contributed by atoms with Gasteiger partial charge in [-0.25, -0.2) is 0 Å². The first-order chi connectivity index (χ1) is 8.65. The van der Waals surface area contributed by atoms with Crippen LogP contribution in [0.4, 0.5) is 5.69 Å². The molecule has 0 fully saturated rings. The average Bonchev–Trinajstić information content (AvgIpc) is 2.84. The van der Waals surface area contributed by atoms with Gasteiger partial charge in [0.15, 0.2) is 0 Å². The van der Waals surface area contributed by atoms with Crippen LogP contribution in [-0.2, 0) is 6.54 Å². The number of rotatable bonds is 5. The minimum Gasteiger partial charge on any atom is -0.378 e. The number of nitrogens with zero attached hydrogens (tertiary/aromatic N) is 1. The number of thiophene rings is 1. The number of hydrogen-bond acceptors (Lipinski definition) is 3. The SMILES string of the molecule is CC(Nc1ccc(CN(C)C)cc1)c1cccs1. The molecule has 1 aromatic carbocycles. The van der Waals surface area contributed by atoms with Crippen molar-refractivity contribution in [1.29, 1.82) is 0 Å². The van der Waals surface area contributed by atoms with Crippen molar-refractivity contribution >= 4 is 17.0 Å². The molecule has 2 nitrogen and oxygen atoms in total. The summed E-state index contributed by atoms with van der Waals surface area (Å²) in [6, 6.07) is 13.3. The lowest BCUT2D eigenvalue weighted by Crippen LogP contribution is -2.10. The summed E-state index contributed by atoms with van der Waals surface area (Å²) in [6.45, 7) is 3.18. The third-order valence-corrected chi connectivity index (χ3v) is 3.86. The monoisotopic (exact) mass is 260 g/mol. The predicted octanol–water partition coefficient (Wildman–Crippen LogP) is 3.98. The molecule has 0 aliphatic rings. The van der Waals surface area contributed by atoms with Crippen molar-refractivity contribution in [3.8, 4) is 0 Å². The van der Waals surface area contributed by atoms with Gasteiger partial charge < -0.3 is 10.2 Å². The number of nitrogens with one attached hydrogen (secondary N) is 1. The molecule has 1 aromatic heterocycles. The van der Waals surface area contributed by atoms with Gasteiger partial charge in [0.25, 0.3) is 0 Å². The summed E-state index contributed by atoms with van der Waals surface area (Å²) < 4.78 is 0. The molecule has 96 valence electrons. The van der Waals surface area contributed by atoms with Crippen LogP contribution in [0.2, 0.25) is 0 Å². The number of anilines is 1. The van der Waals surface area contributed by atoms with Crippen LogP contribution in [0.1, 0.15) is 23.4 Å². The molecule has 0 amide bonds. The second kappa shape index (κ2) is 6.03. The molecule has 0 saturated heterocycles. The topological polar surface area (TPSA) is 15.3 Å². The lowest BCUT2D eigenvalue weighted by molar-refractivity contribution is 0.402. The fourth-order valence-electron chi connectivity index (χ4n) is 1.93. The Hall–Kier alpha value is -1.32. The molecule has 3 heteroatoms. The summed E-state index contributed by atoms with van der Waals surface area (Å²) in [5, 5.41) is 5.64. The van der Waals surface area contributed by atoms with Crippen LogP contribution in [-0.4, -0.2) is 19.0 Å². The van der Waals surface area contributed by atoms with Crippen LogP contribution in [0.15, 0.2) is 41.8 Å². The van der Waals surface area contributed by atoms with Gasteiger partial charge in [-0.1, -0.05) is 18.2 Å². The highest BCUT2D eigenvalue weighted by Gasteiger charge is 2.05. The summed E-state index contributed by atoms with van der Waals surface area (Å²) in [6.07, 6.45) is 0. The van der Waals surface area contributed by atoms with Gasteiger partial charge in [0.2, 0.25) is 0 Å². The fourth-order valence-corrected chi connectivity index (χ4v) is 2.66. The quantitative estimate of drug-likeness (QED) is 0.874. The Morgan fingerprint density at radius 2 is 1.89 bits per heavy atom. The predicted molar refractivity (Wildman–Crippen MR) is 80.2 cm³/mol. The Bertz CT molecular complexity index is 460. The maximum atomic E-state index is 3.52. The molecular weight excluding hydrogens is 240 g/mol. The molecule has 0 radical (unpaired) electrons. The third kappa shape index (κ3) is 3.59. The summed E-state index contributed by atoms with van der Waals surface area (Å²) in [4.78, 5) is 3.55. The Balaban J connectivity index is 1.98. The van der Waals surface area contributed by atoms with Gasteiger partial charge in [0.05, 0.1) is 6.04 Å². The molecule has 0 aliphatic carbocycles. The van der Waals surface area contributed by atoms with Gasteiger partial charge >= 0.3 is 0 Å². The second-order valence-corrected chi connectivity index (χ2v) is 5.80. The van der Waals surface area contributed by atoms with E-state index < -0.39 is 0 Å².